The van der Waals surface area contributed by atoms with E-state index >= 15 is 0 Å². The zero-order valence-corrected chi connectivity index (χ0v) is 16.7. The molecule has 146 valence electrons. The van der Waals surface area contributed by atoms with Gasteiger partial charge in [0.15, 0.2) is 11.5 Å². The van der Waals surface area contributed by atoms with Gasteiger partial charge in [0.1, 0.15) is 5.82 Å². The molecule has 4 aromatic rings. The summed E-state index contributed by atoms with van der Waals surface area (Å²) >= 11 is 1.48. The normalized spacial score (nSPS) is 12.5. The van der Waals surface area contributed by atoms with Gasteiger partial charge in [0.05, 0.1) is 22.3 Å². The quantitative estimate of drug-likeness (QED) is 0.554. The Balaban J connectivity index is 1.42. The Labute approximate surface area is 170 Å². The average Bonchev–Trinajstić information content (AvgIpc) is 3.39. The summed E-state index contributed by atoms with van der Waals surface area (Å²) < 4.78 is 13.5. The molecule has 0 spiro atoms. The maximum atomic E-state index is 12.6. The van der Waals surface area contributed by atoms with Crippen molar-refractivity contribution in [1.29, 1.82) is 0 Å². The molecule has 1 aliphatic heterocycles. The number of ether oxygens (including phenoxy) is 2. The second-order valence-corrected chi connectivity index (χ2v) is 7.97. The lowest BCUT2D eigenvalue weighted by Crippen LogP contribution is -2.17. The summed E-state index contributed by atoms with van der Waals surface area (Å²) in [6, 6.07) is 13.6. The molecule has 8 heteroatoms. The lowest BCUT2D eigenvalue weighted by atomic mass is 10.1. The van der Waals surface area contributed by atoms with Crippen LogP contribution in [0.2, 0.25) is 0 Å². The molecular formula is C21H18N4O3S. The zero-order chi connectivity index (χ0) is 20.0. The zero-order valence-electron chi connectivity index (χ0n) is 15.9. The number of nitrogens with zero attached hydrogens (tertiary/aromatic N) is 3. The minimum absolute atomic E-state index is 0.100. The summed E-state index contributed by atoms with van der Waals surface area (Å²) in [7, 11) is 0. The van der Waals surface area contributed by atoms with Crippen LogP contribution in [0.3, 0.4) is 0 Å². The molecule has 1 amide bonds. The molecule has 0 saturated carbocycles. The van der Waals surface area contributed by atoms with Gasteiger partial charge >= 0.3 is 0 Å². The number of rotatable bonds is 4. The molecule has 1 aliphatic rings. The molecule has 0 fully saturated rings. The van der Waals surface area contributed by atoms with E-state index in [0.717, 1.165) is 27.2 Å². The second-order valence-electron chi connectivity index (χ2n) is 6.96. The van der Waals surface area contributed by atoms with Gasteiger partial charge in [-0.05, 0) is 19.4 Å². The SMILES string of the molecule is Cc1ccc(CC(=O)Nc2cc(C)nn2-c2nc3cc4c(cc3s2)OCO4)cc1. The number of hydrogen-bond acceptors (Lipinski definition) is 6. The van der Waals surface area contributed by atoms with Crippen LogP contribution in [-0.4, -0.2) is 27.5 Å². The van der Waals surface area contributed by atoms with Crippen LogP contribution in [0.5, 0.6) is 11.5 Å². The first-order valence-corrected chi connectivity index (χ1v) is 9.99. The minimum atomic E-state index is -0.100. The van der Waals surface area contributed by atoms with Gasteiger partial charge in [-0.1, -0.05) is 41.2 Å². The summed E-state index contributed by atoms with van der Waals surface area (Å²) in [6.45, 7) is 4.14. The van der Waals surface area contributed by atoms with E-state index in [9.17, 15) is 4.79 Å². The first-order chi connectivity index (χ1) is 14.0. The van der Waals surface area contributed by atoms with Crippen LogP contribution in [0.1, 0.15) is 16.8 Å². The van der Waals surface area contributed by atoms with Crippen LogP contribution in [0.25, 0.3) is 15.3 Å². The molecule has 7 nitrogen and oxygen atoms in total. The first kappa shape index (κ1) is 17.7. The van der Waals surface area contributed by atoms with Crippen molar-refractivity contribution in [3.63, 3.8) is 0 Å². The Hall–Kier alpha value is -3.39. The Morgan fingerprint density at radius 1 is 1.14 bits per heavy atom. The number of aromatic nitrogens is 3. The molecule has 29 heavy (non-hydrogen) atoms. The molecule has 3 heterocycles. The number of hydrogen-bond donors (Lipinski definition) is 1. The van der Waals surface area contributed by atoms with E-state index < -0.39 is 0 Å². The van der Waals surface area contributed by atoms with Gasteiger partial charge in [0, 0.05) is 18.2 Å². The summed E-state index contributed by atoms with van der Waals surface area (Å²) in [6.07, 6.45) is 0.297. The number of anilines is 1. The van der Waals surface area contributed by atoms with Crippen LogP contribution in [0.4, 0.5) is 5.82 Å². The summed E-state index contributed by atoms with van der Waals surface area (Å²) in [4.78, 5) is 17.2. The van der Waals surface area contributed by atoms with Crippen molar-refractivity contribution in [2.75, 3.05) is 12.1 Å². The van der Waals surface area contributed by atoms with Gasteiger partial charge in [-0.15, -0.1) is 0 Å². The molecule has 2 aromatic carbocycles. The standard InChI is InChI=1S/C21H18N4O3S/c1-12-3-5-14(6-4-12)8-20(26)23-19-7-13(2)24-25(19)21-22-15-9-16-17(28-11-27-16)10-18(15)29-21/h3-7,9-10H,8,11H2,1-2H3,(H,23,26). The highest BCUT2D eigenvalue weighted by Gasteiger charge is 2.19. The monoisotopic (exact) mass is 406 g/mol. The second kappa shape index (κ2) is 6.89. The van der Waals surface area contributed by atoms with Crippen molar-refractivity contribution in [3.8, 4) is 16.6 Å². The highest BCUT2D eigenvalue weighted by molar-refractivity contribution is 7.20. The van der Waals surface area contributed by atoms with Crippen molar-refractivity contribution >= 4 is 33.3 Å². The molecule has 0 unspecified atom stereocenters. The highest BCUT2D eigenvalue weighted by atomic mass is 32.1. The van der Waals surface area contributed by atoms with E-state index in [1.54, 1.807) is 4.68 Å². The molecule has 0 bridgehead atoms. The Morgan fingerprint density at radius 3 is 2.69 bits per heavy atom. The van der Waals surface area contributed by atoms with Gasteiger partial charge in [-0.25, -0.2) is 4.98 Å². The topological polar surface area (TPSA) is 78.3 Å². The van der Waals surface area contributed by atoms with Crippen LogP contribution in [-0.2, 0) is 11.2 Å². The molecule has 0 atom stereocenters. The number of carbonyl (C=O) groups is 1. The molecule has 1 N–H and O–H groups in total. The van der Waals surface area contributed by atoms with Crippen LogP contribution in [0, 0.1) is 13.8 Å². The van der Waals surface area contributed by atoms with Crippen molar-refractivity contribution in [2.45, 2.75) is 20.3 Å². The number of aryl methyl sites for hydroxylation is 2. The van der Waals surface area contributed by atoms with Crippen LogP contribution < -0.4 is 14.8 Å². The van der Waals surface area contributed by atoms with E-state index in [0.29, 0.717) is 23.1 Å². The summed E-state index contributed by atoms with van der Waals surface area (Å²) in [5, 5.41) is 8.14. The van der Waals surface area contributed by atoms with E-state index in [2.05, 4.69) is 15.4 Å². The summed E-state index contributed by atoms with van der Waals surface area (Å²) in [5.74, 6) is 1.91. The van der Waals surface area contributed by atoms with Crippen molar-refractivity contribution in [1.82, 2.24) is 14.8 Å². The molecule has 5 rings (SSSR count). The third kappa shape index (κ3) is 3.42. The first-order valence-electron chi connectivity index (χ1n) is 9.18. The van der Waals surface area contributed by atoms with E-state index in [1.165, 1.54) is 16.9 Å². The van der Waals surface area contributed by atoms with Crippen molar-refractivity contribution in [2.24, 2.45) is 0 Å². The third-order valence-electron chi connectivity index (χ3n) is 4.64. The third-order valence-corrected chi connectivity index (χ3v) is 5.63. The van der Waals surface area contributed by atoms with Gasteiger partial charge in [0.2, 0.25) is 17.8 Å². The van der Waals surface area contributed by atoms with Crippen molar-refractivity contribution in [3.05, 3.63) is 59.3 Å². The highest BCUT2D eigenvalue weighted by Crippen LogP contribution is 2.38. The van der Waals surface area contributed by atoms with Gasteiger partial charge in [0.25, 0.3) is 0 Å². The Kier molecular flexibility index (Phi) is 4.21. The lowest BCUT2D eigenvalue weighted by molar-refractivity contribution is -0.115. The van der Waals surface area contributed by atoms with Crippen molar-refractivity contribution < 1.29 is 14.3 Å². The Morgan fingerprint density at radius 2 is 1.90 bits per heavy atom. The summed E-state index contributed by atoms with van der Waals surface area (Å²) in [5.41, 5.74) is 3.73. The lowest BCUT2D eigenvalue weighted by Gasteiger charge is -2.07. The van der Waals surface area contributed by atoms with Gasteiger partial charge in [-0.2, -0.15) is 9.78 Å². The molecule has 0 saturated heterocycles. The predicted molar refractivity (Wildman–Crippen MR) is 111 cm³/mol. The Bertz CT molecular complexity index is 1190. The average molecular weight is 406 g/mol. The molecule has 0 aliphatic carbocycles. The fraction of sp³-hybridized carbons (Fsp3) is 0.190. The maximum absolute atomic E-state index is 12.6. The van der Waals surface area contributed by atoms with Gasteiger partial charge < -0.3 is 14.8 Å². The predicted octanol–water partition coefficient (Wildman–Crippen LogP) is 4.01. The fourth-order valence-electron chi connectivity index (χ4n) is 3.21. The number of nitrogens with one attached hydrogen (secondary N) is 1. The number of thiazole rings is 1. The van der Waals surface area contributed by atoms with E-state index in [-0.39, 0.29) is 12.7 Å². The number of amides is 1. The maximum Gasteiger partial charge on any atom is 0.231 e. The van der Waals surface area contributed by atoms with Crippen LogP contribution >= 0.6 is 11.3 Å². The number of benzene rings is 2. The largest absolute Gasteiger partial charge is 0.454 e. The van der Waals surface area contributed by atoms with E-state index in [4.69, 9.17) is 9.47 Å². The molecule has 2 aromatic heterocycles. The van der Waals surface area contributed by atoms with Gasteiger partial charge in [-0.3, -0.25) is 4.79 Å². The van der Waals surface area contributed by atoms with Crippen LogP contribution in [0.15, 0.2) is 42.5 Å². The smallest absolute Gasteiger partial charge is 0.231 e. The number of carbonyl (C=O) groups excluding carboxylic acids is 1. The minimum Gasteiger partial charge on any atom is -0.454 e. The molecular weight excluding hydrogens is 388 g/mol. The van der Waals surface area contributed by atoms with E-state index in [1.807, 2.05) is 56.3 Å². The fourth-order valence-corrected chi connectivity index (χ4v) is 4.15. The molecule has 0 radical (unpaired) electrons. The number of fused-ring (bicyclic) bond motifs is 2.